The van der Waals surface area contributed by atoms with Crippen LogP contribution >= 0.6 is 0 Å². The molecule has 2 aromatic heterocycles. The highest BCUT2D eigenvalue weighted by Gasteiger charge is 2.18. The molecule has 0 N–H and O–H groups in total. The van der Waals surface area contributed by atoms with Gasteiger partial charge in [0.05, 0.1) is 5.69 Å². The van der Waals surface area contributed by atoms with Gasteiger partial charge in [-0.1, -0.05) is 133 Å². The SMILES string of the molecule is c1ccc2cc(-c3c4ccccc4c(-c4ccc5ccccc5c4)c4cc(-c5ccc(-c6cn7cnccc7n6)cc5)ccc34)ccc2c1. The summed E-state index contributed by atoms with van der Waals surface area (Å²) in [4.78, 5) is 9.03. The summed E-state index contributed by atoms with van der Waals surface area (Å²) in [5.41, 5.74) is 10.2. The molecule has 49 heavy (non-hydrogen) atoms. The summed E-state index contributed by atoms with van der Waals surface area (Å²) < 4.78 is 1.96. The highest BCUT2D eigenvalue weighted by atomic mass is 15.0. The Hall–Kier alpha value is -6.58. The van der Waals surface area contributed by atoms with Crippen molar-refractivity contribution in [2.45, 2.75) is 0 Å². The van der Waals surface area contributed by atoms with Gasteiger partial charge >= 0.3 is 0 Å². The van der Waals surface area contributed by atoms with Crippen molar-refractivity contribution in [3.63, 3.8) is 0 Å². The summed E-state index contributed by atoms with van der Waals surface area (Å²) in [6, 6.07) is 57.6. The van der Waals surface area contributed by atoms with E-state index in [0.29, 0.717) is 0 Å². The summed E-state index contributed by atoms with van der Waals surface area (Å²) in [6.07, 6.45) is 5.59. The zero-order valence-corrected chi connectivity index (χ0v) is 26.6. The normalized spacial score (nSPS) is 11.7. The van der Waals surface area contributed by atoms with Gasteiger partial charge in [-0.2, -0.15) is 0 Å². The minimum absolute atomic E-state index is 0.888. The number of aromatic nitrogens is 3. The first-order valence-corrected chi connectivity index (χ1v) is 16.6. The first kappa shape index (κ1) is 27.5. The molecule has 0 bridgehead atoms. The van der Waals surface area contributed by atoms with Gasteiger partial charge in [-0.15, -0.1) is 0 Å². The van der Waals surface area contributed by atoms with Gasteiger partial charge in [0.15, 0.2) is 0 Å². The van der Waals surface area contributed by atoms with E-state index in [-0.39, 0.29) is 0 Å². The predicted octanol–water partition coefficient (Wildman–Crippen LogP) is 12.0. The fraction of sp³-hybridized carbons (Fsp3) is 0. The van der Waals surface area contributed by atoms with E-state index in [1.165, 1.54) is 76.5 Å². The van der Waals surface area contributed by atoms with Crippen LogP contribution in [-0.4, -0.2) is 14.4 Å². The second-order valence-electron chi connectivity index (χ2n) is 12.7. The molecule has 0 unspecified atom stereocenters. The van der Waals surface area contributed by atoms with Gasteiger partial charge in [0.25, 0.3) is 0 Å². The minimum Gasteiger partial charge on any atom is -0.290 e. The Morgan fingerprint density at radius 1 is 0.388 bits per heavy atom. The standard InChI is InChI=1S/C46H29N3/c1-3-9-34-25-37(19-15-30(34)7-1)45-39-11-5-6-12-40(39)46(38-20-16-31-8-2-4-10-35(31)26-38)42-27-36(21-22-41(42)45)32-13-17-33(18-14-32)43-28-49-29-47-24-23-44(49)48-43/h1-29H. The van der Waals surface area contributed by atoms with E-state index in [4.69, 9.17) is 4.98 Å². The molecule has 10 aromatic rings. The average Bonchev–Trinajstić information content (AvgIpc) is 3.61. The van der Waals surface area contributed by atoms with E-state index in [9.17, 15) is 0 Å². The highest BCUT2D eigenvalue weighted by Crippen LogP contribution is 2.45. The topological polar surface area (TPSA) is 30.2 Å². The molecule has 0 radical (unpaired) electrons. The van der Waals surface area contributed by atoms with Crippen molar-refractivity contribution in [1.82, 2.24) is 14.4 Å². The highest BCUT2D eigenvalue weighted by molar-refractivity contribution is 6.22. The zero-order valence-electron chi connectivity index (χ0n) is 26.6. The van der Waals surface area contributed by atoms with Crippen LogP contribution in [0.3, 0.4) is 0 Å². The van der Waals surface area contributed by atoms with Crippen LogP contribution in [0.15, 0.2) is 176 Å². The second kappa shape index (κ2) is 11.0. The van der Waals surface area contributed by atoms with Crippen LogP contribution in [-0.2, 0) is 0 Å². The Kier molecular flexibility index (Phi) is 6.18. The van der Waals surface area contributed by atoms with Gasteiger partial charge in [-0.05, 0) is 101 Å². The van der Waals surface area contributed by atoms with Crippen LogP contribution in [0, 0.1) is 0 Å². The molecule has 0 aliphatic carbocycles. The van der Waals surface area contributed by atoms with E-state index in [1.807, 2.05) is 16.7 Å². The summed E-state index contributed by atoms with van der Waals surface area (Å²) in [7, 11) is 0. The van der Waals surface area contributed by atoms with E-state index in [0.717, 1.165) is 16.9 Å². The molecule has 0 atom stereocenters. The molecule has 0 fully saturated rings. The molecule has 0 aliphatic heterocycles. The molecule has 8 aromatic carbocycles. The van der Waals surface area contributed by atoms with Crippen molar-refractivity contribution in [1.29, 1.82) is 0 Å². The molecule has 0 saturated carbocycles. The molecule has 3 nitrogen and oxygen atoms in total. The van der Waals surface area contributed by atoms with Gasteiger partial charge in [-0.3, -0.25) is 4.40 Å². The van der Waals surface area contributed by atoms with Crippen LogP contribution in [0.4, 0.5) is 0 Å². The van der Waals surface area contributed by atoms with Gasteiger partial charge in [-0.25, -0.2) is 9.97 Å². The van der Waals surface area contributed by atoms with Crippen LogP contribution in [0.2, 0.25) is 0 Å². The van der Waals surface area contributed by atoms with Crippen molar-refractivity contribution in [3.05, 3.63) is 176 Å². The van der Waals surface area contributed by atoms with Crippen molar-refractivity contribution >= 4 is 48.7 Å². The van der Waals surface area contributed by atoms with Gasteiger partial charge in [0.2, 0.25) is 0 Å². The first-order chi connectivity index (χ1) is 24.3. The van der Waals surface area contributed by atoms with Crippen LogP contribution in [0.1, 0.15) is 0 Å². The fourth-order valence-electron chi connectivity index (χ4n) is 7.49. The summed E-state index contributed by atoms with van der Waals surface area (Å²) in [5, 5.41) is 9.98. The maximum absolute atomic E-state index is 4.80. The van der Waals surface area contributed by atoms with Crippen molar-refractivity contribution < 1.29 is 0 Å². The Morgan fingerprint density at radius 2 is 0.918 bits per heavy atom. The average molecular weight is 624 g/mol. The van der Waals surface area contributed by atoms with E-state index in [2.05, 4.69) is 157 Å². The monoisotopic (exact) mass is 623 g/mol. The van der Waals surface area contributed by atoms with Gasteiger partial charge < -0.3 is 0 Å². The predicted molar refractivity (Wildman–Crippen MR) is 205 cm³/mol. The third-order valence-electron chi connectivity index (χ3n) is 9.88. The molecule has 0 amide bonds. The maximum Gasteiger partial charge on any atom is 0.140 e. The molecule has 0 saturated heterocycles. The Bertz CT molecular complexity index is 2850. The first-order valence-electron chi connectivity index (χ1n) is 16.6. The second-order valence-corrected chi connectivity index (χ2v) is 12.7. The summed E-state index contributed by atoms with van der Waals surface area (Å²) in [5.74, 6) is 0. The van der Waals surface area contributed by atoms with Crippen LogP contribution < -0.4 is 0 Å². The Labute approximate surface area is 283 Å². The fourth-order valence-corrected chi connectivity index (χ4v) is 7.49. The van der Waals surface area contributed by atoms with Crippen LogP contribution in [0.5, 0.6) is 0 Å². The quantitative estimate of drug-likeness (QED) is 0.183. The smallest absolute Gasteiger partial charge is 0.140 e. The maximum atomic E-state index is 4.80. The number of hydrogen-bond acceptors (Lipinski definition) is 2. The summed E-state index contributed by atoms with van der Waals surface area (Å²) >= 11 is 0. The zero-order chi connectivity index (χ0) is 32.3. The summed E-state index contributed by atoms with van der Waals surface area (Å²) in [6.45, 7) is 0. The number of benzene rings is 8. The number of imidazole rings is 1. The number of fused-ring (bicyclic) bond motifs is 5. The van der Waals surface area contributed by atoms with Crippen molar-refractivity contribution in [3.8, 4) is 44.6 Å². The lowest BCUT2D eigenvalue weighted by Crippen LogP contribution is -1.92. The van der Waals surface area contributed by atoms with E-state index >= 15 is 0 Å². The van der Waals surface area contributed by atoms with Crippen molar-refractivity contribution in [2.75, 3.05) is 0 Å². The molecule has 2 heterocycles. The van der Waals surface area contributed by atoms with E-state index < -0.39 is 0 Å². The molecular formula is C46H29N3. The lowest BCUT2D eigenvalue weighted by molar-refractivity contribution is 1.09. The molecular weight excluding hydrogens is 595 g/mol. The Morgan fingerprint density at radius 3 is 1.57 bits per heavy atom. The Balaban J connectivity index is 1.21. The molecule has 228 valence electrons. The lowest BCUT2D eigenvalue weighted by atomic mass is 9.84. The third-order valence-corrected chi connectivity index (χ3v) is 9.88. The largest absolute Gasteiger partial charge is 0.290 e. The number of rotatable bonds is 4. The minimum atomic E-state index is 0.888. The molecule has 3 heteroatoms. The number of nitrogens with zero attached hydrogens (tertiary/aromatic N) is 3. The lowest BCUT2D eigenvalue weighted by Gasteiger charge is -2.19. The van der Waals surface area contributed by atoms with Crippen LogP contribution in [0.25, 0.3) is 93.4 Å². The van der Waals surface area contributed by atoms with Crippen molar-refractivity contribution in [2.24, 2.45) is 0 Å². The molecule has 0 spiro atoms. The van der Waals surface area contributed by atoms with Gasteiger partial charge in [0.1, 0.15) is 12.0 Å². The molecule has 0 aliphatic rings. The van der Waals surface area contributed by atoms with E-state index in [1.54, 1.807) is 12.5 Å². The molecule has 10 rings (SSSR count). The number of hydrogen-bond donors (Lipinski definition) is 0. The van der Waals surface area contributed by atoms with Gasteiger partial charge in [0, 0.05) is 18.0 Å². The third kappa shape index (κ3) is 4.59.